The molecule has 112 valence electrons. The summed E-state index contributed by atoms with van der Waals surface area (Å²) in [7, 11) is 1.45. The maximum atomic E-state index is 12.3. The number of aromatic hydroxyl groups is 1. The molecule has 1 heterocycles. The summed E-state index contributed by atoms with van der Waals surface area (Å²) in [5, 5.41) is 10.2. The van der Waals surface area contributed by atoms with Gasteiger partial charge in [-0.2, -0.15) is 0 Å². The van der Waals surface area contributed by atoms with E-state index in [0.717, 1.165) is 0 Å². The molecule has 0 fully saturated rings. The first-order chi connectivity index (χ1) is 10.5. The van der Waals surface area contributed by atoms with Gasteiger partial charge in [-0.25, -0.2) is 0 Å². The van der Waals surface area contributed by atoms with E-state index in [2.05, 4.69) is 0 Å². The van der Waals surface area contributed by atoms with Gasteiger partial charge in [0.05, 0.1) is 17.7 Å². The minimum atomic E-state index is -0.300. The number of carbonyl (C=O) groups is 1. The smallest absolute Gasteiger partial charge is 0.232 e. The summed E-state index contributed by atoms with van der Waals surface area (Å²) < 4.78 is 10.6. The fourth-order valence-corrected chi connectivity index (χ4v) is 2.68. The Morgan fingerprint density at radius 1 is 1.23 bits per heavy atom. The molecule has 1 aliphatic heterocycles. The number of halogens is 2. The van der Waals surface area contributed by atoms with Gasteiger partial charge in [0.1, 0.15) is 0 Å². The zero-order valence-corrected chi connectivity index (χ0v) is 12.9. The van der Waals surface area contributed by atoms with Crippen molar-refractivity contribution >= 4 is 35.1 Å². The lowest BCUT2D eigenvalue weighted by atomic mass is 10.1. The van der Waals surface area contributed by atoms with Crippen LogP contribution in [0.4, 0.5) is 0 Å². The second kappa shape index (κ2) is 5.55. The molecule has 0 saturated heterocycles. The molecule has 1 aliphatic rings. The number of fused-ring (bicyclic) bond motifs is 1. The Bertz CT molecular complexity index is 812. The van der Waals surface area contributed by atoms with Crippen LogP contribution in [0.25, 0.3) is 6.08 Å². The average Bonchev–Trinajstić information content (AvgIpc) is 2.79. The van der Waals surface area contributed by atoms with Gasteiger partial charge in [0, 0.05) is 5.02 Å². The molecule has 6 heteroatoms. The summed E-state index contributed by atoms with van der Waals surface area (Å²) in [6, 6.07) is 7.74. The topological polar surface area (TPSA) is 55.8 Å². The van der Waals surface area contributed by atoms with Crippen LogP contribution in [0.5, 0.6) is 17.2 Å². The summed E-state index contributed by atoms with van der Waals surface area (Å²) in [6.45, 7) is 0. The van der Waals surface area contributed by atoms with Gasteiger partial charge in [-0.05, 0) is 35.9 Å². The number of benzene rings is 2. The quantitative estimate of drug-likeness (QED) is 0.829. The van der Waals surface area contributed by atoms with E-state index in [9.17, 15) is 9.90 Å². The van der Waals surface area contributed by atoms with Crippen LogP contribution in [0.1, 0.15) is 15.9 Å². The first-order valence-corrected chi connectivity index (χ1v) is 7.05. The average molecular weight is 337 g/mol. The maximum absolute atomic E-state index is 12.3. The van der Waals surface area contributed by atoms with Crippen LogP contribution in [0.3, 0.4) is 0 Å². The van der Waals surface area contributed by atoms with Gasteiger partial charge in [-0.15, -0.1) is 0 Å². The number of ether oxygens (including phenoxy) is 2. The lowest BCUT2D eigenvalue weighted by Crippen LogP contribution is -1.98. The molecule has 2 aromatic carbocycles. The Kier molecular flexibility index (Phi) is 3.72. The predicted molar refractivity (Wildman–Crippen MR) is 84.1 cm³/mol. The summed E-state index contributed by atoms with van der Waals surface area (Å²) >= 11 is 11.9. The van der Waals surface area contributed by atoms with Crippen LogP contribution in [-0.4, -0.2) is 18.0 Å². The number of ketones is 1. The molecule has 22 heavy (non-hydrogen) atoms. The highest BCUT2D eigenvalue weighted by atomic mass is 35.5. The molecular weight excluding hydrogens is 327 g/mol. The van der Waals surface area contributed by atoms with Crippen LogP contribution in [-0.2, 0) is 0 Å². The van der Waals surface area contributed by atoms with Crippen LogP contribution >= 0.6 is 23.2 Å². The molecule has 3 rings (SSSR count). The molecule has 2 aromatic rings. The van der Waals surface area contributed by atoms with Gasteiger partial charge >= 0.3 is 0 Å². The van der Waals surface area contributed by atoms with Crippen molar-refractivity contribution in [2.75, 3.05) is 7.11 Å². The number of phenols is 1. The molecule has 0 spiro atoms. The van der Waals surface area contributed by atoms with E-state index in [0.29, 0.717) is 27.6 Å². The van der Waals surface area contributed by atoms with E-state index in [1.165, 1.54) is 25.3 Å². The van der Waals surface area contributed by atoms with Gasteiger partial charge < -0.3 is 14.6 Å². The highest BCUT2D eigenvalue weighted by molar-refractivity contribution is 6.37. The van der Waals surface area contributed by atoms with E-state index in [1.54, 1.807) is 18.2 Å². The zero-order valence-electron chi connectivity index (χ0n) is 11.4. The van der Waals surface area contributed by atoms with Crippen molar-refractivity contribution in [3.8, 4) is 17.2 Å². The molecule has 0 atom stereocenters. The van der Waals surface area contributed by atoms with E-state index < -0.39 is 0 Å². The van der Waals surface area contributed by atoms with Crippen molar-refractivity contribution in [2.45, 2.75) is 0 Å². The SMILES string of the molecule is COc1cc(C=C2Oc3c(Cl)cc(Cl)cc3C2=O)ccc1O. The Morgan fingerprint density at radius 3 is 2.73 bits per heavy atom. The third-order valence-electron chi connectivity index (χ3n) is 3.19. The number of allylic oxidation sites excluding steroid dienone is 1. The normalized spacial score (nSPS) is 14.9. The number of rotatable bonds is 2. The maximum Gasteiger partial charge on any atom is 0.232 e. The van der Waals surface area contributed by atoms with Crippen molar-refractivity contribution in [1.29, 1.82) is 0 Å². The third-order valence-corrected chi connectivity index (χ3v) is 3.69. The first kappa shape index (κ1) is 14.8. The lowest BCUT2D eigenvalue weighted by molar-refractivity contribution is 0.101. The number of Topliss-reactive ketones (excluding diaryl/α,β-unsaturated/α-hetero) is 1. The van der Waals surface area contributed by atoms with Crippen molar-refractivity contribution in [2.24, 2.45) is 0 Å². The van der Waals surface area contributed by atoms with E-state index in [1.807, 2.05) is 0 Å². The van der Waals surface area contributed by atoms with E-state index >= 15 is 0 Å². The summed E-state index contributed by atoms with van der Waals surface area (Å²) in [5.74, 6) is 0.450. The molecule has 4 nitrogen and oxygen atoms in total. The molecule has 0 bridgehead atoms. The van der Waals surface area contributed by atoms with E-state index in [4.69, 9.17) is 32.7 Å². The highest BCUT2D eigenvalue weighted by Gasteiger charge is 2.30. The fraction of sp³-hybridized carbons (Fsp3) is 0.0625. The fourth-order valence-electron chi connectivity index (χ4n) is 2.15. The highest BCUT2D eigenvalue weighted by Crippen LogP contribution is 2.40. The lowest BCUT2D eigenvalue weighted by Gasteiger charge is -2.04. The largest absolute Gasteiger partial charge is 0.504 e. The molecule has 0 amide bonds. The molecule has 0 radical (unpaired) electrons. The summed E-state index contributed by atoms with van der Waals surface area (Å²) in [6.07, 6.45) is 1.55. The van der Waals surface area contributed by atoms with Crippen molar-refractivity contribution < 1.29 is 19.4 Å². The summed E-state index contributed by atoms with van der Waals surface area (Å²) in [5.41, 5.74) is 0.975. The number of methoxy groups -OCH3 is 1. The Hall–Kier alpha value is -2.17. The third kappa shape index (κ3) is 2.51. The van der Waals surface area contributed by atoms with Crippen LogP contribution in [0.15, 0.2) is 36.1 Å². The van der Waals surface area contributed by atoms with Crippen LogP contribution in [0, 0.1) is 0 Å². The Morgan fingerprint density at radius 2 is 2.00 bits per heavy atom. The minimum Gasteiger partial charge on any atom is -0.504 e. The van der Waals surface area contributed by atoms with Crippen LogP contribution < -0.4 is 9.47 Å². The van der Waals surface area contributed by atoms with Crippen molar-refractivity contribution in [3.05, 3.63) is 57.3 Å². The number of hydrogen-bond acceptors (Lipinski definition) is 4. The van der Waals surface area contributed by atoms with Crippen LogP contribution in [0.2, 0.25) is 10.0 Å². The van der Waals surface area contributed by atoms with Gasteiger partial charge in [0.2, 0.25) is 5.78 Å². The predicted octanol–water partition coefficient (Wildman–Crippen LogP) is 4.32. The molecule has 0 aliphatic carbocycles. The van der Waals surface area contributed by atoms with Crippen molar-refractivity contribution in [3.63, 3.8) is 0 Å². The van der Waals surface area contributed by atoms with Gasteiger partial charge in [-0.1, -0.05) is 29.3 Å². The van der Waals surface area contributed by atoms with Gasteiger partial charge in [-0.3, -0.25) is 4.79 Å². The van der Waals surface area contributed by atoms with Gasteiger partial charge in [0.25, 0.3) is 0 Å². The molecule has 0 unspecified atom stereocenters. The second-order valence-electron chi connectivity index (χ2n) is 4.64. The Balaban J connectivity index is 2.01. The first-order valence-electron chi connectivity index (χ1n) is 6.30. The molecule has 0 saturated carbocycles. The minimum absolute atomic E-state index is 0.0152. The van der Waals surface area contributed by atoms with Crippen molar-refractivity contribution in [1.82, 2.24) is 0 Å². The Labute approximate surface area is 136 Å². The standard InChI is InChI=1S/C16H10Cl2O4/c1-21-13-4-8(2-3-12(13)19)5-14-15(20)10-6-9(17)7-11(18)16(10)22-14/h2-7,19H,1H3. The molecular formula is C16H10Cl2O4. The number of phenolic OH excluding ortho intramolecular Hbond substituents is 1. The monoisotopic (exact) mass is 336 g/mol. The van der Waals surface area contributed by atoms with Gasteiger partial charge in [0.15, 0.2) is 23.0 Å². The number of hydrogen-bond donors (Lipinski definition) is 1. The zero-order chi connectivity index (χ0) is 15.9. The number of carbonyl (C=O) groups excluding carboxylic acids is 1. The summed E-state index contributed by atoms with van der Waals surface area (Å²) in [4.78, 5) is 12.3. The second-order valence-corrected chi connectivity index (χ2v) is 5.48. The molecule has 1 N–H and O–H groups in total. The van der Waals surface area contributed by atoms with E-state index in [-0.39, 0.29) is 22.3 Å². The molecule has 0 aromatic heterocycles.